The fourth-order valence-corrected chi connectivity index (χ4v) is 4.35. The Hall–Kier alpha value is -1.46. The van der Waals surface area contributed by atoms with E-state index in [4.69, 9.17) is 11.6 Å². The molecule has 1 aliphatic rings. The van der Waals surface area contributed by atoms with E-state index in [1.165, 1.54) is 0 Å². The Balaban J connectivity index is 1.51. The average Bonchev–Trinajstić information content (AvgIpc) is 3.03. The SMILES string of the molecule is Cn1ccnc1[C@@H]1CCCN(C(=O)CSCc2ccccc2Cl)C1. The summed E-state index contributed by atoms with van der Waals surface area (Å²) in [5.41, 5.74) is 1.08. The highest BCUT2D eigenvalue weighted by Crippen LogP contribution is 2.26. The minimum Gasteiger partial charge on any atom is -0.341 e. The molecule has 2 aromatic rings. The van der Waals surface area contributed by atoms with E-state index in [-0.39, 0.29) is 5.91 Å². The minimum atomic E-state index is 0.214. The standard InChI is InChI=1S/C18H22ClN3OS/c1-21-10-8-20-18(21)14-6-4-9-22(11-14)17(23)13-24-12-15-5-2-3-7-16(15)19/h2-3,5,7-8,10,14H,4,6,9,11-13H2,1H3/t14-/m1/s1. The Morgan fingerprint density at radius 3 is 3.00 bits per heavy atom. The van der Waals surface area contributed by atoms with Crippen LogP contribution in [-0.2, 0) is 17.6 Å². The lowest BCUT2D eigenvalue weighted by molar-refractivity contribution is -0.129. The van der Waals surface area contributed by atoms with Crippen molar-refractivity contribution in [2.75, 3.05) is 18.8 Å². The van der Waals surface area contributed by atoms with Crippen molar-refractivity contribution in [3.63, 3.8) is 0 Å². The third kappa shape index (κ3) is 4.14. The number of aryl methyl sites for hydroxylation is 1. The molecule has 3 rings (SSSR count). The number of piperidine rings is 1. The van der Waals surface area contributed by atoms with Gasteiger partial charge in [-0.25, -0.2) is 4.98 Å². The van der Waals surface area contributed by atoms with Crippen LogP contribution in [0.25, 0.3) is 0 Å². The normalized spacial score (nSPS) is 17.9. The largest absolute Gasteiger partial charge is 0.341 e. The van der Waals surface area contributed by atoms with Gasteiger partial charge in [-0.05, 0) is 24.5 Å². The van der Waals surface area contributed by atoms with Crippen molar-refractivity contribution < 1.29 is 4.79 Å². The predicted molar refractivity (Wildman–Crippen MR) is 99.4 cm³/mol. The lowest BCUT2D eigenvalue weighted by Crippen LogP contribution is -2.40. The Labute approximate surface area is 152 Å². The first-order valence-electron chi connectivity index (χ1n) is 8.21. The molecular formula is C18H22ClN3OS. The number of aromatic nitrogens is 2. The van der Waals surface area contributed by atoms with E-state index in [1.54, 1.807) is 11.8 Å². The zero-order chi connectivity index (χ0) is 16.9. The Morgan fingerprint density at radius 1 is 1.42 bits per heavy atom. The molecule has 1 aromatic heterocycles. The molecule has 6 heteroatoms. The van der Waals surface area contributed by atoms with Crippen LogP contribution in [0.5, 0.6) is 0 Å². The Morgan fingerprint density at radius 2 is 2.25 bits per heavy atom. The van der Waals surface area contributed by atoms with E-state index < -0.39 is 0 Å². The van der Waals surface area contributed by atoms with Gasteiger partial charge in [0.15, 0.2) is 0 Å². The van der Waals surface area contributed by atoms with Gasteiger partial charge in [0.05, 0.1) is 5.75 Å². The maximum absolute atomic E-state index is 12.5. The number of hydrogen-bond acceptors (Lipinski definition) is 3. The second-order valence-corrected chi connectivity index (χ2v) is 7.55. The average molecular weight is 364 g/mol. The van der Waals surface area contributed by atoms with Crippen molar-refractivity contribution in [3.05, 3.63) is 53.1 Å². The second-order valence-electron chi connectivity index (χ2n) is 6.16. The summed E-state index contributed by atoms with van der Waals surface area (Å²) in [6, 6.07) is 7.80. The molecule has 24 heavy (non-hydrogen) atoms. The lowest BCUT2D eigenvalue weighted by Gasteiger charge is -2.32. The van der Waals surface area contributed by atoms with Crippen molar-refractivity contribution in [2.24, 2.45) is 7.05 Å². The number of amides is 1. The number of hydrogen-bond donors (Lipinski definition) is 0. The van der Waals surface area contributed by atoms with Crippen LogP contribution in [0.2, 0.25) is 5.02 Å². The molecule has 0 unspecified atom stereocenters. The van der Waals surface area contributed by atoms with Gasteiger partial charge in [0.25, 0.3) is 0 Å². The van der Waals surface area contributed by atoms with Gasteiger partial charge in [0.2, 0.25) is 5.91 Å². The van der Waals surface area contributed by atoms with Crippen LogP contribution in [0.15, 0.2) is 36.7 Å². The van der Waals surface area contributed by atoms with Gasteiger partial charge >= 0.3 is 0 Å². The van der Waals surface area contributed by atoms with Gasteiger partial charge < -0.3 is 9.47 Å². The third-order valence-corrected chi connectivity index (χ3v) is 5.77. The molecule has 0 saturated carbocycles. The number of halogens is 1. The quantitative estimate of drug-likeness (QED) is 0.812. The summed E-state index contributed by atoms with van der Waals surface area (Å²) in [4.78, 5) is 19.0. The van der Waals surface area contributed by atoms with Gasteiger partial charge in [0.1, 0.15) is 5.82 Å². The van der Waals surface area contributed by atoms with E-state index >= 15 is 0 Å². The molecule has 0 spiro atoms. The zero-order valence-corrected chi connectivity index (χ0v) is 15.4. The summed E-state index contributed by atoms with van der Waals surface area (Å²) in [5.74, 6) is 2.90. The number of thioether (sulfide) groups is 1. The van der Waals surface area contributed by atoms with E-state index in [2.05, 4.69) is 9.55 Å². The Bertz CT molecular complexity index is 703. The van der Waals surface area contributed by atoms with Crippen molar-refractivity contribution >= 4 is 29.3 Å². The molecule has 1 aromatic carbocycles. The van der Waals surface area contributed by atoms with Gasteiger partial charge in [-0.1, -0.05) is 29.8 Å². The van der Waals surface area contributed by atoms with Crippen molar-refractivity contribution in [1.82, 2.24) is 14.5 Å². The second kappa shape index (κ2) is 8.08. The molecule has 0 aliphatic carbocycles. The smallest absolute Gasteiger partial charge is 0.232 e. The van der Waals surface area contributed by atoms with Crippen molar-refractivity contribution in [1.29, 1.82) is 0 Å². The molecule has 0 radical (unpaired) electrons. The summed E-state index contributed by atoms with van der Waals surface area (Å²) in [5, 5.41) is 0.769. The number of likely N-dealkylation sites (tertiary alicyclic amines) is 1. The number of carbonyl (C=O) groups excluding carboxylic acids is 1. The molecule has 1 amide bonds. The summed E-state index contributed by atoms with van der Waals surface area (Å²) < 4.78 is 2.06. The van der Waals surface area contributed by atoms with Crippen LogP contribution in [0, 0.1) is 0 Å². The van der Waals surface area contributed by atoms with Crippen LogP contribution in [-0.4, -0.2) is 39.2 Å². The Kier molecular flexibility index (Phi) is 5.85. The first-order valence-corrected chi connectivity index (χ1v) is 9.74. The summed E-state index contributed by atoms with van der Waals surface area (Å²) in [7, 11) is 2.02. The molecule has 1 aliphatic heterocycles. The summed E-state index contributed by atoms with van der Waals surface area (Å²) in [6.45, 7) is 1.63. The van der Waals surface area contributed by atoms with Crippen LogP contribution in [0.3, 0.4) is 0 Å². The highest BCUT2D eigenvalue weighted by Gasteiger charge is 2.26. The molecule has 1 saturated heterocycles. The predicted octanol–water partition coefficient (Wildman–Crippen LogP) is 3.71. The van der Waals surface area contributed by atoms with Crippen LogP contribution in [0.4, 0.5) is 0 Å². The monoisotopic (exact) mass is 363 g/mol. The summed E-state index contributed by atoms with van der Waals surface area (Å²) >= 11 is 7.79. The maximum Gasteiger partial charge on any atom is 0.232 e. The van der Waals surface area contributed by atoms with Crippen LogP contribution < -0.4 is 0 Å². The summed E-state index contributed by atoms with van der Waals surface area (Å²) in [6.07, 6.45) is 5.94. The molecule has 1 atom stereocenters. The number of imidazole rings is 1. The number of rotatable bonds is 5. The number of carbonyl (C=O) groups is 1. The van der Waals surface area contributed by atoms with Gasteiger partial charge in [-0.15, -0.1) is 11.8 Å². The molecule has 0 bridgehead atoms. The fraction of sp³-hybridized carbons (Fsp3) is 0.444. The van der Waals surface area contributed by atoms with Gasteiger partial charge in [-0.3, -0.25) is 4.79 Å². The zero-order valence-electron chi connectivity index (χ0n) is 13.8. The van der Waals surface area contributed by atoms with E-state index in [9.17, 15) is 4.79 Å². The van der Waals surface area contributed by atoms with Crippen LogP contribution in [0.1, 0.15) is 30.1 Å². The lowest BCUT2D eigenvalue weighted by atomic mass is 9.97. The third-order valence-electron chi connectivity index (χ3n) is 4.44. The van der Waals surface area contributed by atoms with Crippen LogP contribution >= 0.6 is 23.4 Å². The highest BCUT2D eigenvalue weighted by atomic mass is 35.5. The maximum atomic E-state index is 12.5. The van der Waals surface area contributed by atoms with E-state index in [0.717, 1.165) is 48.1 Å². The highest BCUT2D eigenvalue weighted by molar-refractivity contribution is 7.99. The first kappa shape index (κ1) is 17.4. The number of benzene rings is 1. The van der Waals surface area contributed by atoms with E-state index in [1.807, 2.05) is 48.6 Å². The van der Waals surface area contributed by atoms with Gasteiger partial charge in [-0.2, -0.15) is 0 Å². The molecule has 0 N–H and O–H groups in total. The fourth-order valence-electron chi connectivity index (χ4n) is 3.14. The topological polar surface area (TPSA) is 38.1 Å². The number of nitrogens with zero attached hydrogens (tertiary/aromatic N) is 3. The molecular weight excluding hydrogens is 342 g/mol. The molecule has 2 heterocycles. The van der Waals surface area contributed by atoms with Gasteiger partial charge in [0, 0.05) is 49.2 Å². The van der Waals surface area contributed by atoms with E-state index in [0.29, 0.717) is 11.7 Å². The minimum absolute atomic E-state index is 0.214. The molecule has 1 fully saturated rings. The molecule has 4 nitrogen and oxygen atoms in total. The van der Waals surface area contributed by atoms with Crippen molar-refractivity contribution in [3.8, 4) is 0 Å². The molecule has 128 valence electrons. The first-order chi connectivity index (χ1) is 11.6. The van der Waals surface area contributed by atoms with Crippen molar-refractivity contribution in [2.45, 2.75) is 24.5 Å².